The minimum absolute atomic E-state index is 0.0496. The van der Waals surface area contributed by atoms with Gasteiger partial charge in [-0.3, -0.25) is 19.3 Å². The molecule has 6 heteroatoms. The zero-order valence-corrected chi connectivity index (χ0v) is 13.3. The highest BCUT2D eigenvalue weighted by molar-refractivity contribution is 5.86. The molecule has 124 valence electrons. The minimum Gasteiger partial charge on any atom is -0.463 e. The van der Waals surface area contributed by atoms with Gasteiger partial charge in [0.1, 0.15) is 24.3 Å². The van der Waals surface area contributed by atoms with Crippen molar-refractivity contribution in [3.63, 3.8) is 0 Å². The number of carbonyl (C=O) groups is 3. The van der Waals surface area contributed by atoms with Crippen LogP contribution in [0.25, 0.3) is 0 Å². The van der Waals surface area contributed by atoms with Crippen molar-refractivity contribution < 1.29 is 24.2 Å². The Hall–Kier alpha value is -1.27. The van der Waals surface area contributed by atoms with Crippen LogP contribution in [0, 0.1) is 5.92 Å². The first kappa shape index (κ1) is 17.1. The van der Waals surface area contributed by atoms with Gasteiger partial charge in [-0.2, -0.15) is 0 Å². The number of β-amino-alcohol motifs (C(OH)–C–C–N with tert-alkyl or cyclic N) is 1. The van der Waals surface area contributed by atoms with Gasteiger partial charge in [0.05, 0.1) is 6.54 Å². The van der Waals surface area contributed by atoms with E-state index >= 15 is 0 Å². The van der Waals surface area contributed by atoms with Crippen molar-refractivity contribution in [2.75, 3.05) is 19.7 Å². The van der Waals surface area contributed by atoms with Crippen molar-refractivity contribution in [2.45, 2.75) is 57.6 Å². The lowest BCUT2D eigenvalue weighted by Gasteiger charge is -2.26. The number of rotatable bonds is 8. The molecule has 0 radical (unpaired) electrons. The maximum atomic E-state index is 11.8. The molecule has 0 bridgehead atoms. The molecule has 1 N–H and O–H groups in total. The first-order valence-electron chi connectivity index (χ1n) is 8.03. The van der Waals surface area contributed by atoms with Crippen molar-refractivity contribution in [1.82, 2.24) is 4.90 Å². The lowest BCUT2D eigenvalue weighted by Crippen LogP contribution is -2.41. The monoisotopic (exact) mass is 311 g/mol. The summed E-state index contributed by atoms with van der Waals surface area (Å²) in [5.74, 6) is 0.253. The Balaban J connectivity index is 1.88. The second-order valence-electron chi connectivity index (χ2n) is 6.39. The Morgan fingerprint density at radius 3 is 2.77 bits per heavy atom. The Morgan fingerprint density at radius 1 is 1.41 bits per heavy atom. The Morgan fingerprint density at radius 2 is 2.14 bits per heavy atom. The molecule has 1 saturated carbocycles. The molecule has 3 atom stereocenters. The summed E-state index contributed by atoms with van der Waals surface area (Å²) in [6.07, 6.45) is 1.82. The number of ether oxygens (including phenoxy) is 1. The highest BCUT2D eigenvalue weighted by atomic mass is 16.5. The summed E-state index contributed by atoms with van der Waals surface area (Å²) >= 11 is 0. The van der Waals surface area contributed by atoms with E-state index in [-0.39, 0.29) is 42.0 Å². The van der Waals surface area contributed by atoms with Gasteiger partial charge in [-0.15, -0.1) is 0 Å². The Bertz CT molecular complexity index is 463. The molecule has 0 amide bonds. The summed E-state index contributed by atoms with van der Waals surface area (Å²) in [5.41, 5.74) is -0.238. The van der Waals surface area contributed by atoms with Gasteiger partial charge in [0, 0.05) is 37.8 Å². The molecule has 1 heterocycles. The molecule has 1 aliphatic carbocycles. The van der Waals surface area contributed by atoms with Gasteiger partial charge in [-0.05, 0) is 12.3 Å². The van der Waals surface area contributed by atoms with Crippen LogP contribution in [0.5, 0.6) is 0 Å². The molecule has 2 fully saturated rings. The molecule has 2 rings (SSSR count). The van der Waals surface area contributed by atoms with E-state index < -0.39 is 6.10 Å². The van der Waals surface area contributed by atoms with Crippen LogP contribution in [0.4, 0.5) is 0 Å². The second kappa shape index (κ2) is 6.87. The fourth-order valence-electron chi connectivity index (χ4n) is 3.38. The number of ketones is 2. The third-order valence-electron chi connectivity index (χ3n) is 4.72. The number of esters is 1. The summed E-state index contributed by atoms with van der Waals surface area (Å²) in [4.78, 5) is 36.5. The van der Waals surface area contributed by atoms with E-state index in [0.717, 1.165) is 6.42 Å². The van der Waals surface area contributed by atoms with Crippen LogP contribution >= 0.6 is 0 Å². The molecule has 0 aromatic heterocycles. The van der Waals surface area contributed by atoms with Gasteiger partial charge in [-0.1, -0.05) is 13.8 Å². The van der Waals surface area contributed by atoms with Crippen LogP contribution in [-0.4, -0.2) is 58.9 Å². The van der Waals surface area contributed by atoms with Gasteiger partial charge in [0.25, 0.3) is 0 Å². The van der Waals surface area contributed by atoms with Crippen LogP contribution in [0.1, 0.15) is 46.0 Å². The third-order valence-corrected chi connectivity index (χ3v) is 4.72. The highest BCUT2D eigenvalue weighted by Gasteiger charge is 2.62. The van der Waals surface area contributed by atoms with Crippen molar-refractivity contribution in [2.24, 2.45) is 5.92 Å². The van der Waals surface area contributed by atoms with Crippen LogP contribution in [0.2, 0.25) is 0 Å². The molecule has 0 aromatic carbocycles. The van der Waals surface area contributed by atoms with Crippen molar-refractivity contribution in [1.29, 1.82) is 0 Å². The second-order valence-corrected chi connectivity index (χ2v) is 6.39. The quantitative estimate of drug-likeness (QED) is 0.664. The number of hydrogen-bond acceptors (Lipinski definition) is 6. The zero-order chi connectivity index (χ0) is 16.3. The number of aliphatic hydroxyl groups is 1. The molecule has 1 spiro atoms. The molecule has 2 aliphatic rings. The number of carbonyl (C=O) groups excluding carboxylic acids is 3. The smallest absolute Gasteiger partial charge is 0.305 e. The first-order chi connectivity index (χ1) is 10.4. The van der Waals surface area contributed by atoms with E-state index in [4.69, 9.17) is 4.74 Å². The third kappa shape index (κ3) is 3.73. The van der Waals surface area contributed by atoms with Crippen molar-refractivity contribution in [3.8, 4) is 0 Å². The van der Waals surface area contributed by atoms with Crippen LogP contribution in [0.3, 0.4) is 0 Å². The number of hydrogen-bond donors (Lipinski definition) is 1. The van der Waals surface area contributed by atoms with Gasteiger partial charge < -0.3 is 9.84 Å². The van der Waals surface area contributed by atoms with Gasteiger partial charge in [0.2, 0.25) is 0 Å². The first-order valence-corrected chi connectivity index (χ1v) is 8.03. The molecular weight excluding hydrogens is 286 g/mol. The van der Waals surface area contributed by atoms with Crippen LogP contribution < -0.4 is 0 Å². The van der Waals surface area contributed by atoms with E-state index in [9.17, 15) is 19.5 Å². The Kier molecular flexibility index (Phi) is 5.34. The topological polar surface area (TPSA) is 83.9 Å². The van der Waals surface area contributed by atoms with Crippen molar-refractivity contribution in [3.05, 3.63) is 0 Å². The number of nitrogens with zero attached hydrogens (tertiary/aromatic N) is 1. The summed E-state index contributed by atoms with van der Waals surface area (Å²) in [7, 11) is 0. The normalized spacial score (nSPS) is 28.9. The fourth-order valence-corrected chi connectivity index (χ4v) is 3.38. The molecule has 0 aromatic rings. The van der Waals surface area contributed by atoms with E-state index in [1.54, 1.807) is 6.92 Å². The standard InChI is InChI=1S/C16H25NO5/c1-3-12(18)5-11-6-16(11)7-13(19)8-17(16)9-14(20)10-22-15(21)4-2/h11,14,20H,3-10H2,1-2H3/t11?,14?,16-/m1/s1. The average Bonchev–Trinajstić information content (AvgIpc) is 3.06. The summed E-state index contributed by atoms with van der Waals surface area (Å²) < 4.78 is 4.93. The van der Waals surface area contributed by atoms with Crippen LogP contribution in [0.15, 0.2) is 0 Å². The summed E-state index contributed by atoms with van der Waals surface area (Å²) in [6, 6.07) is 0. The van der Waals surface area contributed by atoms with Crippen LogP contribution in [-0.2, 0) is 19.1 Å². The summed E-state index contributed by atoms with van der Waals surface area (Å²) in [6.45, 7) is 4.12. The van der Waals surface area contributed by atoms with E-state index in [0.29, 0.717) is 32.4 Å². The van der Waals surface area contributed by atoms with E-state index in [1.807, 2.05) is 11.8 Å². The minimum atomic E-state index is -0.804. The van der Waals surface area contributed by atoms with E-state index in [1.165, 1.54) is 0 Å². The molecule has 1 aliphatic heterocycles. The predicted octanol–water partition coefficient (Wildman–Crippen LogP) is 0.703. The number of Topliss-reactive ketones (excluding diaryl/α,β-unsaturated/α-hetero) is 2. The number of aliphatic hydroxyl groups excluding tert-OH is 1. The predicted molar refractivity (Wildman–Crippen MR) is 79.2 cm³/mol. The lowest BCUT2D eigenvalue weighted by molar-refractivity contribution is -0.146. The molecule has 1 saturated heterocycles. The SMILES string of the molecule is CCC(=O)CC1C[C@@]12CC(=O)CN2CC(O)COC(=O)CC. The molecule has 2 unspecified atom stereocenters. The average molecular weight is 311 g/mol. The van der Waals surface area contributed by atoms with Gasteiger partial charge >= 0.3 is 5.97 Å². The fraction of sp³-hybridized carbons (Fsp3) is 0.812. The lowest BCUT2D eigenvalue weighted by atomic mass is 10.0. The molecular formula is C16H25NO5. The molecule has 6 nitrogen and oxygen atoms in total. The highest BCUT2D eigenvalue weighted by Crippen LogP contribution is 2.55. The largest absolute Gasteiger partial charge is 0.463 e. The molecule has 22 heavy (non-hydrogen) atoms. The van der Waals surface area contributed by atoms with Crippen molar-refractivity contribution >= 4 is 17.5 Å². The van der Waals surface area contributed by atoms with Gasteiger partial charge in [-0.25, -0.2) is 0 Å². The summed E-state index contributed by atoms with van der Waals surface area (Å²) in [5, 5.41) is 10.0. The maximum Gasteiger partial charge on any atom is 0.305 e. The van der Waals surface area contributed by atoms with E-state index in [2.05, 4.69) is 0 Å². The Labute approximate surface area is 130 Å². The number of likely N-dealkylation sites (tertiary alicyclic amines) is 1. The maximum absolute atomic E-state index is 11.8. The zero-order valence-electron chi connectivity index (χ0n) is 13.3. The van der Waals surface area contributed by atoms with Gasteiger partial charge in [0.15, 0.2) is 0 Å².